The largest absolute Gasteiger partial charge is 0.455 e. The molecule has 44 heavy (non-hydrogen) atoms. The van der Waals surface area contributed by atoms with E-state index in [2.05, 4.69) is 24.6 Å². The summed E-state index contributed by atoms with van der Waals surface area (Å²) in [5.41, 5.74) is -0.651. The summed E-state index contributed by atoms with van der Waals surface area (Å²) in [7, 11) is 2.08. The molecule has 234 valence electrons. The molecule has 9 nitrogen and oxygen atoms in total. The van der Waals surface area contributed by atoms with Crippen LogP contribution in [-0.2, 0) is 23.9 Å². The van der Waals surface area contributed by atoms with Gasteiger partial charge in [0, 0.05) is 37.8 Å². The highest BCUT2D eigenvalue weighted by Crippen LogP contribution is 2.48. The van der Waals surface area contributed by atoms with E-state index in [1.807, 2.05) is 4.90 Å². The maximum atomic E-state index is 14.5. The number of likely N-dealkylation sites (N-methyl/N-ethyl adjacent to an activating group) is 1. The van der Waals surface area contributed by atoms with Crippen molar-refractivity contribution in [3.8, 4) is 12.1 Å². The molecular formula is C31H35F4N7O2. The summed E-state index contributed by atoms with van der Waals surface area (Å²) in [6, 6.07) is 5.54. The first-order valence-corrected chi connectivity index (χ1v) is 15.0. The normalized spacial score (nSPS) is 23.2. The van der Waals surface area contributed by atoms with E-state index in [0.29, 0.717) is 37.6 Å². The molecule has 2 atom stereocenters. The van der Waals surface area contributed by atoms with E-state index in [1.165, 1.54) is 23.1 Å². The quantitative estimate of drug-likeness (QED) is 0.337. The molecule has 1 aromatic carbocycles. The summed E-state index contributed by atoms with van der Waals surface area (Å²) in [4.78, 5) is 29.6. The molecule has 4 aliphatic rings. The molecule has 1 aliphatic carbocycles. The van der Waals surface area contributed by atoms with Crippen LogP contribution in [0, 0.1) is 17.1 Å². The fourth-order valence-corrected chi connectivity index (χ4v) is 7.08. The second-order valence-electron chi connectivity index (χ2n) is 12.1. The highest BCUT2D eigenvalue weighted by Gasteiger charge is 2.55. The van der Waals surface area contributed by atoms with Crippen molar-refractivity contribution < 1.29 is 27.1 Å². The van der Waals surface area contributed by atoms with Crippen molar-refractivity contribution in [2.75, 3.05) is 49.6 Å². The number of piperazine rings is 1. The highest BCUT2D eigenvalue weighted by atomic mass is 19.4. The van der Waals surface area contributed by atoms with Gasteiger partial charge in [-0.1, -0.05) is 12.6 Å². The number of likely N-dealkylation sites (tertiary alicyclic amines) is 1. The Morgan fingerprint density at radius 3 is 2.66 bits per heavy atom. The Morgan fingerprint density at radius 2 is 2.00 bits per heavy atom. The molecule has 1 saturated carbocycles. The van der Waals surface area contributed by atoms with Crippen LogP contribution in [0.4, 0.5) is 29.1 Å². The molecule has 0 spiro atoms. The molecule has 0 N–H and O–H groups in total. The molecule has 2 aromatic rings. The van der Waals surface area contributed by atoms with Gasteiger partial charge in [-0.2, -0.15) is 28.4 Å². The van der Waals surface area contributed by atoms with Crippen molar-refractivity contribution in [3.63, 3.8) is 0 Å². The number of aromatic nitrogens is 2. The van der Waals surface area contributed by atoms with Crippen LogP contribution in [0.5, 0.6) is 6.01 Å². The smallest absolute Gasteiger partial charge is 0.421 e. The number of benzene rings is 1. The molecule has 6 rings (SSSR count). The molecular weight excluding hydrogens is 578 g/mol. The minimum absolute atomic E-state index is 0.0145. The zero-order chi connectivity index (χ0) is 31.2. The lowest BCUT2D eigenvalue weighted by atomic mass is 10.0. The summed E-state index contributed by atoms with van der Waals surface area (Å²) in [5.74, 6) is -0.967. The number of nitrogens with zero attached hydrogens (tertiary/aromatic N) is 7. The number of anilines is 2. The van der Waals surface area contributed by atoms with Gasteiger partial charge < -0.3 is 19.4 Å². The fourth-order valence-electron chi connectivity index (χ4n) is 7.08. The van der Waals surface area contributed by atoms with Gasteiger partial charge in [-0.15, -0.1) is 0 Å². The number of carbonyl (C=O) groups is 1. The first kappa shape index (κ1) is 30.1. The van der Waals surface area contributed by atoms with E-state index in [4.69, 9.17) is 14.7 Å². The summed E-state index contributed by atoms with van der Waals surface area (Å²) < 4.78 is 62.9. The van der Waals surface area contributed by atoms with Gasteiger partial charge in [0.25, 0.3) is 0 Å². The SMILES string of the molecule is C=CC(=O)N1CCN(c2nc(OC3([C@@H]4CCCN4C)CC3)nc3c2CCN(c2cccc(F)c2C(F)(F)F)C3)C[C@@H]1CC#N. The van der Waals surface area contributed by atoms with Gasteiger partial charge in [-0.05, 0) is 63.9 Å². The van der Waals surface area contributed by atoms with Crippen LogP contribution in [-0.4, -0.2) is 83.1 Å². The maximum Gasteiger partial charge on any atom is 0.421 e. The Hall–Kier alpha value is -3.92. The third kappa shape index (κ3) is 5.56. The van der Waals surface area contributed by atoms with Gasteiger partial charge in [0.1, 0.15) is 22.8 Å². The molecule has 0 unspecified atom stereocenters. The van der Waals surface area contributed by atoms with Crippen LogP contribution in [0.15, 0.2) is 30.9 Å². The van der Waals surface area contributed by atoms with Gasteiger partial charge in [0.2, 0.25) is 5.91 Å². The predicted molar refractivity (Wildman–Crippen MR) is 155 cm³/mol. The van der Waals surface area contributed by atoms with Crippen molar-refractivity contribution in [2.45, 2.75) is 68.9 Å². The van der Waals surface area contributed by atoms with Crippen molar-refractivity contribution in [3.05, 3.63) is 53.5 Å². The Labute approximate surface area is 253 Å². The molecule has 1 amide bonds. The Kier molecular flexibility index (Phi) is 7.90. The average molecular weight is 614 g/mol. The van der Waals surface area contributed by atoms with E-state index < -0.39 is 29.2 Å². The number of alkyl halides is 3. The van der Waals surface area contributed by atoms with Crippen molar-refractivity contribution in [2.24, 2.45) is 0 Å². The predicted octanol–water partition coefficient (Wildman–Crippen LogP) is 4.32. The van der Waals surface area contributed by atoms with Crippen LogP contribution in [0.25, 0.3) is 0 Å². The third-order valence-corrected chi connectivity index (χ3v) is 9.37. The average Bonchev–Trinajstić information content (AvgIpc) is 3.63. The van der Waals surface area contributed by atoms with Crippen molar-refractivity contribution in [1.82, 2.24) is 19.8 Å². The number of amides is 1. The molecule has 4 heterocycles. The number of ether oxygens (including phenoxy) is 1. The lowest BCUT2D eigenvalue weighted by molar-refractivity contribution is -0.139. The van der Waals surface area contributed by atoms with Gasteiger partial charge >= 0.3 is 12.2 Å². The van der Waals surface area contributed by atoms with Crippen molar-refractivity contribution >= 4 is 17.4 Å². The topological polar surface area (TPSA) is 88.8 Å². The van der Waals surface area contributed by atoms with E-state index >= 15 is 0 Å². The lowest BCUT2D eigenvalue weighted by Crippen LogP contribution is -2.55. The van der Waals surface area contributed by atoms with Crippen LogP contribution < -0.4 is 14.5 Å². The number of halogens is 4. The number of nitriles is 1. The molecule has 0 radical (unpaired) electrons. The van der Waals surface area contributed by atoms with Gasteiger partial charge in [0.15, 0.2) is 0 Å². The van der Waals surface area contributed by atoms with Crippen LogP contribution in [0.3, 0.4) is 0 Å². The van der Waals surface area contributed by atoms with E-state index in [-0.39, 0.29) is 43.2 Å². The van der Waals surface area contributed by atoms with E-state index in [1.54, 1.807) is 4.90 Å². The van der Waals surface area contributed by atoms with E-state index in [0.717, 1.165) is 43.9 Å². The fraction of sp³-hybridized carbons (Fsp3) is 0.548. The summed E-state index contributed by atoms with van der Waals surface area (Å²) in [6.07, 6.45) is 0.600. The third-order valence-electron chi connectivity index (χ3n) is 9.37. The van der Waals surface area contributed by atoms with Gasteiger partial charge in [-0.3, -0.25) is 9.69 Å². The second kappa shape index (κ2) is 11.5. The summed E-state index contributed by atoms with van der Waals surface area (Å²) in [5, 5.41) is 9.49. The monoisotopic (exact) mass is 613 g/mol. The molecule has 13 heteroatoms. The Balaban J connectivity index is 1.37. The molecule has 1 aromatic heterocycles. The standard InChI is InChI=1S/C31H35F4N7O2/c1-3-26(43)42-17-16-41(18-20(42)9-13-36)28-21-10-15-40(24-7-4-6-22(32)27(24)31(33,34)35)19-23(21)37-29(38-28)44-30(11-12-30)25-8-5-14-39(25)2/h3-4,6-7,20,25H,1,5,8-12,14-19H2,2H3/t20-,25-/m0/s1. The van der Waals surface area contributed by atoms with Gasteiger partial charge in [-0.25, -0.2) is 4.39 Å². The number of hydrogen-bond donors (Lipinski definition) is 0. The van der Waals surface area contributed by atoms with E-state index in [9.17, 15) is 27.6 Å². The first-order chi connectivity index (χ1) is 21.0. The molecule has 3 aliphatic heterocycles. The lowest BCUT2D eigenvalue weighted by Gasteiger charge is -2.42. The molecule has 3 fully saturated rings. The maximum absolute atomic E-state index is 14.5. The molecule has 0 bridgehead atoms. The number of fused-ring (bicyclic) bond motifs is 1. The Bertz CT molecular complexity index is 1490. The van der Waals surface area contributed by atoms with Crippen molar-refractivity contribution in [1.29, 1.82) is 5.26 Å². The first-order valence-electron chi connectivity index (χ1n) is 15.0. The van der Waals surface area contributed by atoms with Crippen LogP contribution in [0.2, 0.25) is 0 Å². The molecule has 2 saturated heterocycles. The minimum atomic E-state index is -4.87. The van der Waals surface area contributed by atoms with Crippen LogP contribution >= 0.6 is 0 Å². The summed E-state index contributed by atoms with van der Waals surface area (Å²) >= 11 is 0. The number of carbonyl (C=O) groups excluding carboxylic acids is 1. The second-order valence-corrected chi connectivity index (χ2v) is 12.1. The zero-order valence-electron chi connectivity index (χ0n) is 24.6. The number of hydrogen-bond acceptors (Lipinski definition) is 8. The number of rotatable bonds is 7. The van der Waals surface area contributed by atoms with Gasteiger partial charge in [0.05, 0.1) is 36.5 Å². The van der Waals surface area contributed by atoms with Crippen LogP contribution in [0.1, 0.15) is 48.9 Å². The Morgan fingerprint density at radius 1 is 1.20 bits per heavy atom. The minimum Gasteiger partial charge on any atom is -0.455 e. The zero-order valence-corrected chi connectivity index (χ0v) is 24.6. The summed E-state index contributed by atoms with van der Waals surface area (Å²) in [6.45, 7) is 5.91. The highest BCUT2D eigenvalue weighted by molar-refractivity contribution is 5.87.